The molecule has 2 aromatic rings. The largest absolute Gasteiger partial charge is 0.324 e. The summed E-state index contributed by atoms with van der Waals surface area (Å²) in [5.74, 6) is 0.0810. The van der Waals surface area contributed by atoms with E-state index in [9.17, 15) is 4.79 Å². The van der Waals surface area contributed by atoms with E-state index in [1.807, 2.05) is 13.0 Å². The lowest BCUT2D eigenvalue weighted by molar-refractivity contribution is -0.121. The SMILES string of the molecule is Cc1cc(C)c(NC(=O)[C@@H](C)N2CCN(C/C=C/c3ccccc3)CC2)c(C)c1. The highest BCUT2D eigenvalue weighted by Gasteiger charge is 2.25. The van der Waals surface area contributed by atoms with E-state index in [0.29, 0.717) is 0 Å². The zero-order valence-electron chi connectivity index (χ0n) is 18.1. The van der Waals surface area contributed by atoms with Crippen LogP contribution in [0.3, 0.4) is 0 Å². The van der Waals surface area contributed by atoms with Gasteiger partial charge >= 0.3 is 0 Å². The van der Waals surface area contributed by atoms with Gasteiger partial charge in [-0.2, -0.15) is 0 Å². The maximum absolute atomic E-state index is 12.8. The van der Waals surface area contributed by atoms with Crippen molar-refractivity contribution >= 4 is 17.7 Å². The Morgan fingerprint density at radius 2 is 1.66 bits per heavy atom. The Kier molecular flexibility index (Phi) is 7.24. The van der Waals surface area contributed by atoms with Gasteiger partial charge in [-0.25, -0.2) is 0 Å². The summed E-state index contributed by atoms with van der Waals surface area (Å²) in [6, 6.07) is 14.5. The van der Waals surface area contributed by atoms with Crippen LogP contribution in [0.2, 0.25) is 0 Å². The second-order valence-electron chi connectivity index (χ2n) is 8.09. The van der Waals surface area contributed by atoms with Crippen molar-refractivity contribution in [3.63, 3.8) is 0 Å². The van der Waals surface area contributed by atoms with Gasteiger partial charge < -0.3 is 5.32 Å². The van der Waals surface area contributed by atoms with E-state index in [2.05, 4.69) is 84.4 Å². The number of nitrogens with zero attached hydrogens (tertiary/aromatic N) is 2. The molecule has 1 amide bonds. The number of carbonyl (C=O) groups is 1. The summed E-state index contributed by atoms with van der Waals surface area (Å²) >= 11 is 0. The smallest absolute Gasteiger partial charge is 0.241 e. The van der Waals surface area contributed by atoms with Crippen LogP contribution >= 0.6 is 0 Å². The van der Waals surface area contributed by atoms with Crippen molar-refractivity contribution in [1.82, 2.24) is 9.80 Å². The van der Waals surface area contributed by atoms with E-state index in [1.165, 1.54) is 11.1 Å². The predicted octanol–water partition coefficient (Wildman–Crippen LogP) is 4.27. The van der Waals surface area contributed by atoms with Gasteiger partial charge in [0, 0.05) is 38.4 Å². The fourth-order valence-corrected chi connectivity index (χ4v) is 4.01. The number of nitrogens with one attached hydrogen (secondary N) is 1. The summed E-state index contributed by atoms with van der Waals surface area (Å²) in [5, 5.41) is 3.16. The third kappa shape index (κ3) is 5.78. The first kappa shape index (κ1) is 21.3. The van der Waals surface area contributed by atoms with Gasteiger partial charge in [0.15, 0.2) is 0 Å². The fourth-order valence-electron chi connectivity index (χ4n) is 4.01. The molecule has 2 aromatic carbocycles. The Labute approximate surface area is 175 Å². The quantitative estimate of drug-likeness (QED) is 0.799. The molecule has 0 unspecified atom stereocenters. The Bertz CT molecular complexity index is 829. The summed E-state index contributed by atoms with van der Waals surface area (Å²) in [4.78, 5) is 17.6. The van der Waals surface area contributed by atoms with Crippen LogP contribution in [-0.2, 0) is 4.79 Å². The standard InChI is InChI=1S/C25H33N3O/c1-19-17-20(2)24(21(3)18-19)26-25(29)22(4)28-15-13-27(14-16-28)12-8-11-23-9-6-5-7-10-23/h5-11,17-18,22H,12-16H2,1-4H3,(H,26,29)/b11-8+/t22-/m1/s1. The second kappa shape index (κ2) is 9.86. The molecule has 1 aliphatic rings. The van der Waals surface area contributed by atoms with Gasteiger partial charge in [0.2, 0.25) is 5.91 Å². The Hall–Kier alpha value is -2.43. The number of anilines is 1. The zero-order valence-corrected chi connectivity index (χ0v) is 18.1. The molecule has 0 spiro atoms. The lowest BCUT2D eigenvalue weighted by Crippen LogP contribution is -2.52. The van der Waals surface area contributed by atoms with E-state index in [-0.39, 0.29) is 11.9 Å². The molecule has 1 atom stereocenters. The van der Waals surface area contributed by atoms with Crippen LogP contribution in [0.4, 0.5) is 5.69 Å². The highest BCUT2D eigenvalue weighted by atomic mass is 16.2. The maximum Gasteiger partial charge on any atom is 0.241 e. The number of hydrogen-bond donors (Lipinski definition) is 1. The lowest BCUT2D eigenvalue weighted by Gasteiger charge is -2.37. The first-order valence-electron chi connectivity index (χ1n) is 10.5. The first-order chi connectivity index (χ1) is 13.9. The van der Waals surface area contributed by atoms with Crippen molar-refractivity contribution in [2.75, 3.05) is 38.0 Å². The van der Waals surface area contributed by atoms with E-state index in [1.54, 1.807) is 0 Å². The fraction of sp³-hybridized carbons (Fsp3) is 0.400. The van der Waals surface area contributed by atoms with Gasteiger partial charge in [0.25, 0.3) is 0 Å². The van der Waals surface area contributed by atoms with Crippen LogP contribution in [-0.4, -0.2) is 54.5 Å². The number of hydrogen-bond acceptors (Lipinski definition) is 3. The molecule has 1 saturated heterocycles. The maximum atomic E-state index is 12.8. The Balaban J connectivity index is 1.49. The number of aryl methyl sites for hydroxylation is 3. The van der Waals surface area contributed by atoms with Crippen LogP contribution in [0.1, 0.15) is 29.2 Å². The number of amides is 1. The van der Waals surface area contributed by atoms with E-state index >= 15 is 0 Å². The number of piperazine rings is 1. The van der Waals surface area contributed by atoms with Crippen molar-refractivity contribution in [1.29, 1.82) is 0 Å². The topological polar surface area (TPSA) is 35.6 Å². The summed E-state index contributed by atoms with van der Waals surface area (Å²) in [5.41, 5.74) is 5.66. The van der Waals surface area contributed by atoms with Crippen molar-refractivity contribution in [2.24, 2.45) is 0 Å². The monoisotopic (exact) mass is 391 g/mol. The molecule has 0 aliphatic carbocycles. The minimum absolute atomic E-state index is 0.0810. The molecule has 0 aromatic heterocycles. The van der Waals surface area contributed by atoms with Crippen molar-refractivity contribution in [3.8, 4) is 0 Å². The molecule has 4 heteroatoms. The molecule has 1 fully saturated rings. The molecular formula is C25H33N3O. The predicted molar refractivity (Wildman–Crippen MR) is 122 cm³/mol. The summed E-state index contributed by atoms with van der Waals surface area (Å²) in [6.45, 7) is 13.0. The molecule has 0 bridgehead atoms. The molecule has 0 radical (unpaired) electrons. The summed E-state index contributed by atoms with van der Waals surface area (Å²) in [7, 11) is 0. The van der Waals surface area contributed by atoms with Gasteiger partial charge in [-0.1, -0.05) is 60.2 Å². The van der Waals surface area contributed by atoms with Gasteiger partial charge in [0.05, 0.1) is 6.04 Å². The van der Waals surface area contributed by atoms with Crippen LogP contribution in [0.5, 0.6) is 0 Å². The molecule has 0 saturated carbocycles. The molecule has 4 nitrogen and oxygen atoms in total. The molecular weight excluding hydrogens is 358 g/mol. The van der Waals surface area contributed by atoms with Gasteiger partial charge in [-0.15, -0.1) is 0 Å². The van der Waals surface area contributed by atoms with E-state index in [0.717, 1.165) is 49.5 Å². The average molecular weight is 392 g/mol. The van der Waals surface area contributed by atoms with Gasteiger partial charge in [0.1, 0.15) is 0 Å². The highest BCUT2D eigenvalue weighted by molar-refractivity contribution is 5.96. The molecule has 29 heavy (non-hydrogen) atoms. The van der Waals surface area contributed by atoms with E-state index < -0.39 is 0 Å². The highest BCUT2D eigenvalue weighted by Crippen LogP contribution is 2.22. The van der Waals surface area contributed by atoms with Gasteiger partial charge in [-0.05, 0) is 44.4 Å². The first-order valence-corrected chi connectivity index (χ1v) is 10.5. The molecule has 1 heterocycles. The summed E-state index contributed by atoms with van der Waals surface area (Å²) in [6.07, 6.45) is 4.40. The number of benzene rings is 2. The molecule has 1 N–H and O–H groups in total. The van der Waals surface area contributed by atoms with Crippen molar-refractivity contribution in [2.45, 2.75) is 33.7 Å². The lowest BCUT2D eigenvalue weighted by atomic mass is 10.0. The Morgan fingerprint density at radius 3 is 2.28 bits per heavy atom. The van der Waals surface area contributed by atoms with Crippen LogP contribution in [0.15, 0.2) is 48.5 Å². The van der Waals surface area contributed by atoms with Crippen LogP contribution in [0.25, 0.3) is 6.08 Å². The molecule has 154 valence electrons. The second-order valence-corrected chi connectivity index (χ2v) is 8.09. The molecule has 1 aliphatic heterocycles. The van der Waals surface area contributed by atoms with Gasteiger partial charge in [-0.3, -0.25) is 14.6 Å². The summed E-state index contributed by atoms with van der Waals surface area (Å²) < 4.78 is 0. The van der Waals surface area contributed by atoms with E-state index in [4.69, 9.17) is 0 Å². The third-order valence-corrected chi connectivity index (χ3v) is 5.73. The number of carbonyl (C=O) groups excluding carboxylic acids is 1. The minimum Gasteiger partial charge on any atom is -0.324 e. The third-order valence-electron chi connectivity index (χ3n) is 5.73. The zero-order chi connectivity index (χ0) is 20.8. The van der Waals surface area contributed by atoms with Crippen molar-refractivity contribution < 1.29 is 4.79 Å². The molecule has 3 rings (SSSR count). The number of rotatable bonds is 6. The van der Waals surface area contributed by atoms with Crippen LogP contribution < -0.4 is 5.32 Å². The normalized spacial score (nSPS) is 16.8. The minimum atomic E-state index is -0.128. The van der Waals surface area contributed by atoms with Crippen LogP contribution in [0, 0.1) is 20.8 Å². The Morgan fingerprint density at radius 1 is 1.03 bits per heavy atom. The van der Waals surface area contributed by atoms with Crippen molar-refractivity contribution in [3.05, 3.63) is 70.8 Å². The average Bonchev–Trinajstić information content (AvgIpc) is 2.71.